The van der Waals surface area contributed by atoms with E-state index in [2.05, 4.69) is 24.3 Å². The fourth-order valence-corrected chi connectivity index (χ4v) is 5.56. The predicted molar refractivity (Wildman–Crippen MR) is 94.0 cm³/mol. The maximum absolute atomic E-state index is 6.11. The van der Waals surface area contributed by atoms with Gasteiger partial charge in [-0.25, -0.2) is 0 Å². The number of rotatable bonds is 3. The van der Waals surface area contributed by atoms with Crippen molar-refractivity contribution in [3.63, 3.8) is 0 Å². The topological polar surface area (TPSA) is 18.5 Å². The highest BCUT2D eigenvalue weighted by atomic mass is 28.1. The van der Waals surface area contributed by atoms with Gasteiger partial charge in [0.2, 0.25) is 0 Å². The maximum atomic E-state index is 6.11. The summed E-state index contributed by atoms with van der Waals surface area (Å²) in [5.41, 5.74) is 2.82. The molecule has 0 N–H and O–H groups in total. The molecule has 3 rings (SSSR count). The second-order valence-corrected chi connectivity index (χ2v) is 10.6. The van der Waals surface area contributed by atoms with Crippen molar-refractivity contribution in [3.8, 4) is 0 Å². The third-order valence-electron chi connectivity index (χ3n) is 5.16. The maximum Gasteiger partial charge on any atom is 0.0723 e. The summed E-state index contributed by atoms with van der Waals surface area (Å²) in [5.74, 6) is 0. The normalized spacial score (nSPS) is 34.1. The molecule has 2 unspecified atom stereocenters. The number of hydrogen-bond acceptors (Lipinski definition) is 2. The van der Waals surface area contributed by atoms with Crippen molar-refractivity contribution in [1.29, 1.82) is 0 Å². The summed E-state index contributed by atoms with van der Waals surface area (Å²) in [7, 11) is 2.20. The highest BCUT2D eigenvalue weighted by molar-refractivity contribution is 6.15. The molecule has 2 aliphatic heterocycles. The van der Waals surface area contributed by atoms with Crippen LogP contribution in [0.25, 0.3) is 0 Å². The largest absolute Gasteiger partial charge is 0.379 e. The van der Waals surface area contributed by atoms with Gasteiger partial charge in [0.15, 0.2) is 0 Å². The van der Waals surface area contributed by atoms with Crippen molar-refractivity contribution in [2.75, 3.05) is 13.2 Å². The molecule has 0 amide bonds. The average Bonchev–Trinajstić information content (AvgIpc) is 2.49. The molecule has 0 saturated carbocycles. The van der Waals surface area contributed by atoms with Gasteiger partial charge >= 0.3 is 0 Å². The van der Waals surface area contributed by atoms with Crippen LogP contribution in [0.3, 0.4) is 0 Å². The zero-order chi connectivity index (χ0) is 14.8. The lowest BCUT2D eigenvalue weighted by Crippen LogP contribution is -2.39. The Hall–Kier alpha value is -0.426. The van der Waals surface area contributed by atoms with Gasteiger partial charge in [-0.05, 0) is 56.1 Å². The molecule has 0 aromatic heterocycles. The van der Waals surface area contributed by atoms with Gasteiger partial charge in [-0.15, -0.1) is 0 Å². The number of benzene rings is 1. The van der Waals surface area contributed by atoms with Crippen LogP contribution in [-0.4, -0.2) is 38.9 Å². The summed E-state index contributed by atoms with van der Waals surface area (Å²) in [4.78, 5) is 0. The SMILES string of the molecule is [SiH3]C1(Cc2ccc(C3([SiH3])CCCCO3)cc2)CCCCO1. The van der Waals surface area contributed by atoms with E-state index in [9.17, 15) is 0 Å². The summed E-state index contributed by atoms with van der Waals surface area (Å²) in [6, 6.07) is 9.23. The lowest BCUT2D eigenvalue weighted by Gasteiger charge is -2.36. The van der Waals surface area contributed by atoms with Crippen LogP contribution in [0.5, 0.6) is 0 Å². The quantitative estimate of drug-likeness (QED) is 0.780. The van der Waals surface area contributed by atoms with E-state index in [1.54, 1.807) is 0 Å². The second kappa shape index (κ2) is 6.36. The zero-order valence-corrected chi connectivity index (χ0v) is 17.5. The summed E-state index contributed by atoms with van der Waals surface area (Å²) in [5, 5.41) is 0.247. The van der Waals surface area contributed by atoms with E-state index < -0.39 is 0 Å². The van der Waals surface area contributed by atoms with Crippen LogP contribution in [-0.2, 0) is 21.1 Å². The first-order valence-corrected chi connectivity index (χ1v) is 10.5. The fraction of sp³-hybridized carbons (Fsp3) is 0.647. The van der Waals surface area contributed by atoms with E-state index in [-0.39, 0.29) is 10.4 Å². The molecule has 116 valence electrons. The van der Waals surface area contributed by atoms with Crippen LogP contribution in [0.1, 0.15) is 49.7 Å². The Morgan fingerprint density at radius 1 is 0.857 bits per heavy atom. The summed E-state index contributed by atoms with van der Waals surface area (Å²) in [6.45, 7) is 1.89. The Kier molecular flexibility index (Phi) is 4.69. The molecule has 4 heteroatoms. The van der Waals surface area contributed by atoms with Gasteiger partial charge in [-0.1, -0.05) is 24.3 Å². The number of hydrogen-bond donors (Lipinski definition) is 0. The van der Waals surface area contributed by atoms with Crippen molar-refractivity contribution in [2.45, 2.75) is 55.4 Å². The van der Waals surface area contributed by atoms with E-state index in [0.29, 0.717) is 0 Å². The van der Waals surface area contributed by atoms with Crippen LogP contribution >= 0.6 is 0 Å². The molecule has 2 atom stereocenters. The Morgan fingerprint density at radius 3 is 2.10 bits per heavy atom. The fourth-order valence-electron chi connectivity index (χ4n) is 3.70. The van der Waals surface area contributed by atoms with E-state index in [0.717, 1.165) is 40.1 Å². The monoisotopic (exact) mass is 320 g/mol. The molecule has 2 nitrogen and oxygen atoms in total. The Balaban J connectivity index is 1.69. The molecular formula is C17H28O2Si2. The van der Waals surface area contributed by atoms with Crippen molar-refractivity contribution in [3.05, 3.63) is 35.4 Å². The van der Waals surface area contributed by atoms with Crippen molar-refractivity contribution in [2.24, 2.45) is 0 Å². The molecule has 0 aliphatic carbocycles. The summed E-state index contributed by atoms with van der Waals surface area (Å²) < 4.78 is 12.2. The van der Waals surface area contributed by atoms with Gasteiger partial charge in [0, 0.05) is 33.7 Å². The predicted octanol–water partition coefficient (Wildman–Crippen LogP) is 1.21. The van der Waals surface area contributed by atoms with Crippen LogP contribution in [0.15, 0.2) is 24.3 Å². The molecule has 21 heavy (non-hydrogen) atoms. The van der Waals surface area contributed by atoms with Crippen LogP contribution in [0, 0.1) is 0 Å². The third-order valence-corrected chi connectivity index (χ3v) is 7.67. The Bertz CT molecular complexity index is 460. The summed E-state index contributed by atoms with van der Waals surface area (Å²) >= 11 is 0. The van der Waals surface area contributed by atoms with Gasteiger partial charge in [-0.3, -0.25) is 0 Å². The Morgan fingerprint density at radius 2 is 1.52 bits per heavy atom. The molecule has 2 aliphatic rings. The van der Waals surface area contributed by atoms with Gasteiger partial charge in [0.05, 0.1) is 10.4 Å². The summed E-state index contributed by atoms with van der Waals surface area (Å²) in [6.07, 6.45) is 8.64. The molecule has 2 saturated heterocycles. The molecule has 0 radical (unpaired) electrons. The van der Waals surface area contributed by atoms with Crippen LogP contribution in [0.4, 0.5) is 0 Å². The van der Waals surface area contributed by atoms with Gasteiger partial charge in [0.25, 0.3) is 0 Å². The van der Waals surface area contributed by atoms with Crippen molar-refractivity contribution in [1.82, 2.24) is 0 Å². The molecular weight excluding hydrogens is 292 g/mol. The van der Waals surface area contributed by atoms with E-state index >= 15 is 0 Å². The van der Waals surface area contributed by atoms with Gasteiger partial charge in [-0.2, -0.15) is 0 Å². The van der Waals surface area contributed by atoms with Gasteiger partial charge < -0.3 is 9.47 Å². The smallest absolute Gasteiger partial charge is 0.0723 e. The van der Waals surface area contributed by atoms with Crippen molar-refractivity contribution < 1.29 is 9.47 Å². The first kappa shape index (κ1) is 15.5. The minimum atomic E-state index is 0.0662. The third kappa shape index (κ3) is 3.67. The standard InChI is InChI=1S/C17H28O2Si2/c20-16(9-1-3-11-18-16)13-14-5-7-15(8-6-14)17(21)10-2-4-12-19-17/h5-8H,1-4,9-13H2,20-21H3. The highest BCUT2D eigenvalue weighted by Gasteiger charge is 2.30. The second-order valence-electron chi connectivity index (χ2n) is 7.17. The molecule has 2 heterocycles. The first-order chi connectivity index (χ1) is 10.1. The molecule has 1 aromatic carbocycles. The first-order valence-electron chi connectivity index (χ1n) is 8.47. The highest BCUT2D eigenvalue weighted by Crippen LogP contribution is 2.33. The molecule has 2 fully saturated rings. The minimum absolute atomic E-state index is 0.0662. The van der Waals surface area contributed by atoms with E-state index in [1.807, 2.05) is 0 Å². The van der Waals surface area contributed by atoms with E-state index in [4.69, 9.17) is 9.47 Å². The molecule has 0 spiro atoms. The van der Waals surface area contributed by atoms with Gasteiger partial charge in [0.1, 0.15) is 0 Å². The minimum Gasteiger partial charge on any atom is -0.379 e. The molecule has 1 aromatic rings. The zero-order valence-electron chi connectivity index (χ0n) is 13.5. The lowest BCUT2D eigenvalue weighted by molar-refractivity contribution is -0.0211. The number of ether oxygens (including phenoxy) is 2. The van der Waals surface area contributed by atoms with Crippen LogP contribution in [0.2, 0.25) is 0 Å². The molecule has 0 bridgehead atoms. The van der Waals surface area contributed by atoms with Crippen molar-refractivity contribution >= 4 is 20.5 Å². The van der Waals surface area contributed by atoms with E-state index in [1.165, 1.54) is 49.7 Å². The lowest BCUT2D eigenvalue weighted by atomic mass is 9.96. The average molecular weight is 321 g/mol. The van der Waals surface area contributed by atoms with Crippen LogP contribution < -0.4 is 0 Å². The Labute approximate surface area is 134 Å².